The molecule has 1 heteroatoms. The van der Waals surface area contributed by atoms with Crippen molar-refractivity contribution in [3.05, 3.63) is 0 Å². The molecule has 0 N–H and O–H groups in total. The van der Waals surface area contributed by atoms with Crippen molar-refractivity contribution in [1.82, 2.24) is 4.90 Å². The summed E-state index contributed by atoms with van der Waals surface area (Å²) in [6.45, 7) is 3.72. The summed E-state index contributed by atoms with van der Waals surface area (Å²) in [5.41, 5.74) is 0. The van der Waals surface area contributed by atoms with Crippen molar-refractivity contribution < 1.29 is 0 Å². The smallest absolute Gasteiger partial charge is 0.00981 e. The Labute approximate surface area is 133 Å². The van der Waals surface area contributed by atoms with Gasteiger partial charge in [0.15, 0.2) is 0 Å². The van der Waals surface area contributed by atoms with Gasteiger partial charge < -0.3 is 0 Å². The maximum absolute atomic E-state index is 2.98. The molecule has 1 nitrogen and oxygen atoms in total. The average Bonchev–Trinajstić information content (AvgIpc) is 2.56. The van der Waals surface area contributed by atoms with Crippen LogP contribution in [0.1, 0.15) is 110 Å². The second-order valence-electron chi connectivity index (χ2n) is 7.59. The fourth-order valence-electron chi connectivity index (χ4n) is 4.56. The maximum Gasteiger partial charge on any atom is 0.00981 e. The van der Waals surface area contributed by atoms with Crippen molar-refractivity contribution in [3.63, 3.8) is 0 Å². The van der Waals surface area contributed by atoms with Gasteiger partial charge in [-0.05, 0) is 38.6 Å². The molecule has 0 atom stereocenters. The summed E-state index contributed by atoms with van der Waals surface area (Å²) in [5.74, 6) is 0. The van der Waals surface area contributed by atoms with Crippen LogP contribution in [0.4, 0.5) is 0 Å². The van der Waals surface area contributed by atoms with E-state index in [1.165, 1.54) is 109 Å². The Balaban J connectivity index is 1.74. The first kappa shape index (κ1) is 17.3. The van der Waals surface area contributed by atoms with Crippen LogP contribution >= 0.6 is 0 Å². The van der Waals surface area contributed by atoms with Crippen molar-refractivity contribution >= 4 is 0 Å². The summed E-state index contributed by atoms with van der Waals surface area (Å²) < 4.78 is 0. The first-order chi connectivity index (χ1) is 10.4. The Bertz CT molecular complexity index is 220. The number of unbranched alkanes of at least 4 members (excludes halogenated alkanes) is 5. The molecule has 0 aromatic heterocycles. The van der Waals surface area contributed by atoms with E-state index in [1.54, 1.807) is 0 Å². The molecule has 0 amide bonds. The molecule has 0 aromatic rings. The Hall–Kier alpha value is -0.0400. The summed E-state index contributed by atoms with van der Waals surface area (Å²) in [7, 11) is 0. The minimum atomic E-state index is 0.942. The molecule has 2 aliphatic carbocycles. The standard InChI is InChI=1S/C20H39N/c1-2-3-4-5-6-13-18-21(19-14-9-7-10-15-19)20-16-11-8-12-17-20/h19-20H,2-18H2,1H3. The van der Waals surface area contributed by atoms with Gasteiger partial charge in [0.05, 0.1) is 0 Å². The van der Waals surface area contributed by atoms with Gasteiger partial charge in [-0.2, -0.15) is 0 Å². The largest absolute Gasteiger partial charge is 0.297 e. The van der Waals surface area contributed by atoms with E-state index < -0.39 is 0 Å². The Morgan fingerprint density at radius 3 is 1.62 bits per heavy atom. The lowest BCUT2D eigenvalue weighted by molar-refractivity contribution is 0.0788. The van der Waals surface area contributed by atoms with E-state index in [4.69, 9.17) is 0 Å². The predicted octanol–water partition coefficient (Wildman–Crippen LogP) is 6.31. The van der Waals surface area contributed by atoms with Crippen molar-refractivity contribution in [1.29, 1.82) is 0 Å². The van der Waals surface area contributed by atoms with E-state index in [-0.39, 0.29) is 0 Å². The zero-order valence-electron chi connectivity index (χ0n) is 14.6. The molecule has 0 aromatic carbocycles. The summed E-state index contributed by atoms with van der Waals surface area (Å²) in [4.78, 5) is 2.98. The van der Waals surface area contributed by atoms with Crippen molar-refractivity contribution in [3.8, 4) is 0 Å². The normalized spacial score (nSPS) is 22.0. The van der Waals surface area contributed by atoms with Crippen LogP contribution in [0.15, 0.2) is 0 Å². The fourth-order valence-corrected chi connectivity index (χ4v) is 4.56. The van der Waals surface area contributed by atoms with Crippen molar-refractivity contribution in [2.75, 3.05) is 6.54 Å². The monoisotopic (exact) mass is 293 g/mol. The Morgan fingerprint density at radius 2 is 1.10 bits per heavy atom. The topological polar surface area (TPSA) is 3.24 Å². The van der Waals surface area contributed by atoms with Crippen molar-refractivity contribution in [2.24, 2.45) is 0 Å². The molecule has 21 heavy (non-hydrogen) atoms. The summed E-state index contributed by atoms with van der Waals surface area (Å²) in [5, 5.41) is 0. The number of nitrogens with zero attached hydrogens (tertiary/aromatic N) is 1. The van der Waals surface area contributed by atoms with E-state index >= 15 is 0 Å². The minimum absolute atomic E-state index is 0.942. The lowest BCUT2D eigenvalue weighted by atomic mass is 9.88. The zero-order chi connectivity index (χ0) is 14.8. The van der Waals surface area contributed by atoms with Gasteiger partial charge in [-0.3, -0.25) is 4.90 Å². The van der Waals surface area contributed by atoms with Crippen LogP contribution in [0.5, 0.6) is 0 Å². The van der Waals surface area contributed by atoms with E-state index in [0.717, 1.165) is 12.1 Å². The molecule has 0 unspecified atom stereocenters. The minimum Gasteiger partial charge on any atom is -0.297 e. The van der Waals surface area contributed by atoms with Gasteiger partial charge in [-0.15, -0.1) is 0 Å². The van der Waals surface area contributed by atoms with Crippen LogP contribution in [-0.2, 0) is 0 Å². The van der Waals surface area contributed by atoms with Crippen LogP contribution in [0, 0.1) is 0 Å². The van der Waals surface area contributed by atoms with Crippen LogP contribution in [-0.4, -0.2) is 23.5 Å². The summed E-state index contributed by atoms with van der Waals surface area (Å²) in [6.07, 6.45) is 23.6. The van der Waals surface area contributed by atoms with E-state index in [2.05, 4.69) is 11.8 Å². The molecule has 0 bridgehead atoms. The number of hydrogen-bond donors (Lipinski definition) is 0. The van der Waals surface area contributed by atoms with Crippen LogP contribution < -0.4 is 0 Å². The molecule has 2 fully saturated rings. The van der Waals surface area contributed by atoms with Crippen molar-refractivity contribution in [2.45, 2.75) is 122 Å². The van der Waals surface area contributed by atoms with Gasteiger partial charge >= 0.3 is 0 Å². The van der Waals surface area contributed by atoms with Gasteiger partial charge in [-0.1, -0.05) is 77.6 Å². The first-order valence-corrected chi connectivity index (χ1v) is 10.2. The summed E-state index contributed by atoms with van der Waals surface area (Å²) >= 11 is 0. The van der Waals surface area contributed by atoms with E-state index in [1.807, 2.05) is 0 Å². The fraction of sp³-hybridized carbons (Fsp3) is 1.00. The highest BCUT2D eigenvalue weighted by atomic mass is 15.2. The highest BCUT2D eigenvalue weighted by molar-refractivity contribution is 4.83. The number of hydrogen-bond acceptors (Lipinski definition) is 1. The van der Waals surface area contributed by atoms with Crippen LogP contribution in [0.3, 0.4) is 0 Å². The van der Waals surface area contributed by atoms with Crippen LogP contribution in [0.2, 0.25) is 0 Å². The lowest BCUT2D eigenvalue weighted by Crippen LogP contribution is -2.45. The predicted molar refractivity (Wildman–Crippen MR) is 93.8 cm³/mol. The van der Waals surface area contributed by atoms with E-state index in [0.29, 0.717) is 0 Å². The average molecular weight is 294 g/mol. The molecular formula is C20H39N. The van der Waals surface area contributed by atoms with Gasteiger partial charge in [0.1, 0.15) is 0 Å². The second-order valence-corrected chi connectivity index (χ2v) is 7.59. The molecule has 0 spiro atoms. The molecular weight excluding hydrogens is 254 g/mol. The highest BCUT2D eigenvalue weighted by Gasteiger charge is 2.28. The first-order valence-electron chi connectivity index (χ1n) is 10.2. The molecule has 2 rings (SSSR count). The maximum atomic E-state index is 2.98. The molecule has 124 valence electrons. The van der Waals surface area contributed by atoms with Gasteiger partial charge in [-0.25, -0.2) is 0 Å². The highest BCUT2D eigenvalue weighted by Crippen LogP contribution is 2.30. The quantitative estimate of drug-likeness (QED) is 0.450. The summed E-state index contributed by atoms with van der Waals surface area (Å²) in [6, 6.07) is 1.88. The zero-order valence-corrected chi connectivity index (χ0v) is 14.6. The third kappa shape index (κ3) is 6.30. The molecule has 2 saturated carbocycles. The lowest BCUT2D eigenvalue weighted by Gasteiger charge is -2.41. The molecule has 0 saturated heterocycles. The van der Waals surface area contributed by atoms with E-state index in [9.17, 15) is 0 Å². The third-order valence-corrected chi connectivity index (χ3v) is 5.86. The van der Waals surface area contributed by atoms with Crippen LogP contribution in [0.25, 0.3) is 0 Å². The third-order valence-electron chi connectivity index (χ3n) is 5.86. The molecule has 0 aliphatic heterocycles. The SMILES string of the molecule is CCCCCCCCN(C1CCCCC1)C1CCCCC1. The number of rotatable bonds is 9. The second kappa shape index (κ2) is 10.6. The molecule has 0 heterocycles. The van der Waals surface area contributed by atoms with Gasteiger partial charge in [0, 0.05) is 12.1 Å². The van der Waals surface area contributed by atoms with Gasteiger partial charge in [0.25, 0.3) is 0 Å². The van der Waals surface area contributed by atoms with Gasteiger partial charge in [0.2, 0.25) is 0 Å². The molecule has 2 aliphatic rings. The Morgan fingerprint density at radius 1 is 0.619 bits per heavy atom. The molecule has 0 radical (unpaired) electrons. The Kier molecular flexibility index (Phi) is 8.78.